The van der Waals surface area contributed by atoms with Gasteiger partial charge < -0.3 is 9.64 Å². The molecule has 3 aliphatic rings. The minimum Gasteiger partial charge on any atom is -0.477 e. The maximum Gasteiger partial charge on any atom is 0.255 e. The van der Waals surface area contributed by atoms with Gasteiger partial charge in [-0.05, 0) is 24.5 Å². The summed E-state index contributed by atoms with van der Waals surface area (Å²) < 4.78 is 5.62. The molecule has 0 bridgehead atoms. The highest BCUT2D eigenvalue weighted by molar-refractivity contribution is 6.00. The number of aliphatic imine (C=N–C) groups is 2. The molecular weight excluding hydrogens is 278 g/mol. The van der Waals surface area contributed by atoms with Crippen LogP contribution in [0.5, 0.6) is 0 Å². The highest BCUT2D eigenvalue weighted by Crippen LogP contribution is 2.31. The van der Waals surface area contributed by atoms with E-state index in [1.165, 1.54) is 12.0 Å². The Balaban J connectivity index is 1.56. The van der Waals surface area contributed by atoms with Crippen molar-refractivity contribution in [3.05, 3.63) is 42.1 Å². The van der Waals surface area contributed by atoms with Crippen LogP contribution in [0.2, 0.25) is 0 Å². The fraction of sp³-hybridized carbons (Fsp3) is 0.353. The summed E-state index contributed by atoms with van der Waals surface area (Å²) in [6.07, 6.45) is 8.50. The van der Waals surface area contributed by atoms with Crippen molar-refractivity contribution in [3.8, 4) is 0 Å². The van der Waals surface area contributed by atoms with E-state index in [2.05, 4.69) is 16.1 Å². The molecule has 0 spiro atoms. The summed E-state index contributed by atoms with van der Waals surface area (Å²) in [5.74, 6) is 0.173. The van der Waals surface area contributed by atoms with Gasteiger partial charge in [0.2, 0.25) is 0 Å². The first-order chi connectivity index (χ1) is 10.8. The molecule has 0 aliphatic carbocycles. The maximum atomic E-state index is 12.9. The molecule has 0 fully saturated rings. The average molecular weight is 295 g/mol. The molecule has 5 nitrogen and oxygen atoms in total. The van der Waals surface area contributed by atoms with Crippen molar-refractivity contribution in [2.45, 2.75) is 25.0 Å². The minimum absolute atomic E-state index is 0.0274. The number of benzene rings is 1. The number of fused-ring (bicyclic) bond motifs is 1. The van der Waals surface area contributed by atoms with Crippen molar-refractivity contribution >= 4 is 24.2 Å². The van der Waals surface area contributed by atoms with Gasteiger partial charge in [-0.25, -0.2) is 4.99 Å². The van der Waals surface area contributed by atoms with Gasteiger partial charge in [-0.2, -0.15) is 0 Å². The Hall–Kier alpha value is -2.43. The van der Waals surface area contributed by atoms with Crippen LogP contribution in [0.1, 0.15) is 12.0 Å². The van der Waals surface area contributed by atoms with Gasteiger partial charge in [0.05, 0.1) is 0 Å². The lowest BCUT2D eigenvalue weighted by molar-refractivity contribution is -0.121. The molecule has 5 heteroatoms. The molecule has 3 atom stereocenters. The Morgan fingerprint density at radius 1 is 1.32 bits per heavy atom. The molecule has 22 heavy (non-hydrogen) atoms. The molecule has 0 saturated carbocycles. The van der Waals surface area contributed by atoms with Crippen molar-refractivity contribution < 1.29 is 9.53 Å². The number of carbonyl (C=O) groups excluding carboxylic acids is 1. The predicted molar refractivity (Wildman–Crippen MR) is 85.4 cm³/mol. The quantitative estimate of drug-likeness (QED) is 0.837. The van der Waals surface area contributed by atoms with Crippen molar-refractivity contribution in [1.29, 1.82) is 0 Å². The zero-order valence-electron chi connectivity index (χ0n) is 12.1. The van der Waals surface area contributed by atoms with E-state index in [9.17, 15) is 4.79 Å². The number of para-hydroxylation sites is 1. The van der Waals surface area contributed by atoms with Gasteiger partial charge in [0.1, 0.15) is 6.10 Å². The monoisotopic (exact) mass is 295 g/mol. The number of ether oxygens (including phenoxy) is 1. The highest BCUT2D eigenvalue weighted by atomic mass is 16.5. The van der Waals surface area contributed by atoms with E-state index in [4.69, 9.17) is 4.74 Å². The van der Waals surface area contributed by atoms with E-state index in [1.54, 1.807) is 6.20 Å². The molecule has 3 unspecified atom stereocenters. The van der Waals surface area contributed by atoms with E-state index in [0.717, 1.165) is 25.1 Å². The van der Waals surface area contributed by atoms with Crippen LogP contribution in [-0.2, 0) is 16.0 Å². The number of amides is 1. The number of hydrogen-bond acceptors (Lipinski definition) is 4. The molecule has 0 saturated heterocycles. The van der Waals surface area contributed by atoms with E-state index in [-0.39, 0.29) is 17.9 Å². The van der Waals surface area contributed by atoms with Crippen LogP contribution in [0.4, 0.5) is 5.69 Å². The third-order valence-corrected chi connectivity index (χ3v) is 4.48. The van der Waals surface area contributed by atoms with Gasteiger partial charge in [-0.15, -0.1) is 0 Å². The van der Waals surface area contributed by atoms with Gasteiger partial charge in [-0.3, -0.25) is 9.79 Å². The smallest absolute Gasteiger partial charge is 0.255 e. The van der Waals surface area contributed by atoms with Gasteiger partial charge in [-0.1, -0.05) is 24.3 Å². The Morgan fingerprint density at radius 2 is 2.23 bits per heavy atom. The average Bonchev–Trinajstić information content (AvgIpc) is 3.22. The number of carbonyl (C=O) groups is 1. The van der Waals surface area contributed by atoms with E-state index >= 15 is 0 Å². The summed E-state index contributed by atoms with van der Waals surface area (Å²) in [6.45, 7) is 0.721. The summed E-state index contributed by atoms with van der Waals surface area (Å²) in [5.41, 5.74) is 2.23. The Labute approximate surface area is 129 Å². The SMILES string of the molecule is O=C(C1N=COC1C1C=CN=CC1)N1CCc2ccccc21. The van der Waals surface area contributed by atoms with Crippen LogP contribution in [0.3, 0.4) is 0 Å². The van der Waals surface area contributed by atoms with E-state index < -0.39 is 6.04 Å². The lowest BCUT2D eigenvalue weighted by Gasteiger charge is -2.27. The largest absolute Gasteiger partial charge is 0.477 e. The Morgan fingerprint density at radius 3 is 3.09 bits per heavy atom. The summed E-state index contributed by atoms with van der Waals surface area (Å²) in [4.78, 5) is 23.2. The van der Waals surface area contributed by atoms with Crippen LogP contribution >= 0.6 is 0 Å². The second kappa shape index (κ2) is 5.40. The van der Waals surface area contributed by atoms with Gasteiger partial charge in [0.15, 0.2) is 12.4 Å². The zero-order chi connectivity index (χ0) is 14.9. The molecule has 3 aliphatic heterocycles. The summed E-state index contributed by atoms with van der Waals surface area (Å²) in [5, 5.41) is 0. The van der Waals surface area contributed by atoms with Crippen LogP contribution in [0.15, 0.2) is 46.5 Å². The number of nitrogens with zero attached hydrogens (tertiary/aromatic N) is 3. The van der Waals surface area contributed by atoms with Gasteiger partial charge >= 0.3 is 0 Å². The predicted octanol–water partition coefficient (Wildman–Crippen LogP) is 1.98. The molecular formula is C17H17N3O2. The molecule has 112 valence electrons. The molecule has 0 radical (unpaired) electrons. The van der Waals surface area contributed by atoms with E-state index in [0.29, 0.717) is 0 Å². The Bertz CT molecular complexity index is 680. The minimum atomic E-state index is -0.465. The lowest BCUT2D eigenvalue weighted by Crippen LogP contribution is -2.44. The molecule has 4 rings (SSSR count). The van der Waals surface area contributed by atoms with Crippen molar-refractivity contribution in [1.82, 2.24) is 0 Å². The van der Waals surface area contributed by atoms with Crippen molar-refractivity contribution in [2.24, 2.45) is 15.9 Å². The second-order valence-corrected chi connectivity index (χ2v) is 5.74. The fourth-order valence-electron chi connectivity index (χ4n) is 3.32. The second-order valence-electron chi connectivity index (χ2n) is 5.74. The van der Waals surface area contributed by atoms with Crippen LogP contribution in [0, 0.1) is 5.92 Å². The van der Waals surface area contributed by atoms with Crippen molar-refractivity contribution in [3.63, 3.8) is 0 Å². The normalized spacial score (nSPS) is 28.7. The molecule has 1 aromatic carbocycles. The molecule has 3 heterocycles. The fourth-order valence-corrected chi connectivity index (χ4v) is 3.32. The van der Waals surface area contributed by atoms with E-state index in [1.807, 2.05) is 35.4 Å². The molecule has 0 N–H and O–H groups in total. The third kappa shape index (κ3) is 2.13. The third-order valence-electron chi connectivity index (χ3n) is 4.48. The summed E-state index contributed by atoms with van der Waals surface area (Å²) in [7, 11) is 0. The molecule has 1 aromatic rings. The first-order valence-corrected chi connectivity index (χ1v) is 7.59. The van der Waals surface area contributed by atoms with Gasteiger partial charge in [0.25, 0.3) is 5.91 Å². The lowest BCUT2D eigenvalue weighted by atomic mass is 9.92. The number of anilines is 1. The van der Waals surface area contributed by atoms with Crippen molar-refractivity contribution in [2.75, 3.05) is 11.4 Å². The topological polar surface area (TPSA) is 54.3 Å². The number of hydrogen-bond donors (Lipinski definition) is 0. The maximum absolute atomic E-state index is 12.9. The van der Waals surface area contributed by atoms with Gasteiger partial charge in [0, 0.05) is 30.6 Å². The van der Waals surface area contributed by atoms with Crippen LogP contribution in [-0.4, -0.2) is 37.2 Å². The van der Waals surface area contributed by atoms with Crippen LogP contribution < -0.4 is 4.90 Å². The van der Waals surface area contributed by atoms with Crippen LogP contribution in [0.25, 0.3) is 0 Å². The standard InChI is InChI=1S/C17H17N3O2/c21-17(20-10-7-12-3-1-2-4-14(12)20)15-16(22-11-19-15)13-5-8-18-9-6-13/h1-5,8-9,11,13,15-16H,6-7,10H2. The first kappa shape index (κ1) is 13.2. The highest BCUT2D eigenvalue weighted by Gasteiger charge is 2.41. The number of rotatable bonds is 2. The summed E-state index contributed by atoms with van der Waals surface area (Å²) >= 11 is 0. The summed E-state index contributed by atoms with van der Waals surface area (Å²) in [6, 6.07) is 7.60. The Kier molecular flexibility index (Phi) is 3.25. The first-order valence-electron chi connectivity index (χ1n) is 7.59. The molecule has 0 aromatic heterocycles. The molecule has 1 amide bonds. The zero-order valence-corrected chi connectivity index (χ0v) is 12.1.